The molecule has 3 nitrogen and oxygen atoms in total. The Balaban J connectivity index is 2.50. The fraction of sp³-hybridized carbons (Fsp3) is 0.364. The first-order valence-electron chi connectivity index (χ1n) is 4.86. The van der Waals surface area contributed by atoms with E-state index in [1.54, 1.807) is 5.01 Å². The second-order valence-electron chi connectivity index (χ2n) is 3.76. The third kappa shape index (κ3) is 1.21. The predicted octanol–water partition coefficient (Wildman–Crippen LogP) is 1.93. The van der Waals surface area contributed by atoms with E-state index < -0.39 is 0 Å². The Morgan fingerprint density at radius 2 is 2.14 bits per heavy atom. The van der Waals surface area contributed by atoms with E-state index in [-0.39, 0.29) is 5.66 Å². The van der Waals surface area contributed by atoms with Crippen molar-refractivity contribution in [1.29, 1.82) is 0 Å². The molecule has 1 aliphatic rings. The van der Waals surface area contributed by atoms with Gasteiger partial charge in [-0.15, -0.1) is 0 Å². The lowest BCUT2D eigenvalue weighted by atomic mass is 10.0. The number of para-hydroxylation sites is 1. The minimum absolute atomic E-state index is 0.297. The Bertz CT molecular complexity index is 373. The zero-order chi connectivity index (χ0) is 10.2. The van der Waals surface area contributed by atoms with Crippen LogP contribution in [0.3, 0.4) is 0 Å². The first-order chi connectivity index (χ1) is 6.67. The molecule has 1 atom stereocenters. The highest BCUT2D eigenvalue weighted by Crippen LogP contribution is 2.30. The van der Waals surface area contributed by atoms with Crippen LogP contribution in [0.15, 0.2) is 29.3 Å². The van der Waals surface area contributed by atoms with E-state index in [0.29, 0.717) is 0 Å². The minimum Gasteiger partial charge on any atom is -0.284 e. The number of fused-ring (bicyclic) bond motifs is 1. The SMILES string of the molecule is CCC1(C)N=Cc2ccccc2N1N. The molecule has 0 radical (unpaired) electrons. The summed E-state index contributed by atoms with van der Waals surface area (Å²) in [6.07, 6.45) is 2.80. The summed E-state index contributed by atoms with van der Waals surface area (Å²) in [5.41, 5.74) is 1.83. The van der Waals surface area contributed by atoms with Crippen molar-refractivity contribution in [3.8, 4) is 0 Å². The second kappa shape index (κ2) is 3.10. The number of nitrogens with two attached hydrogens (primary N) is 1. The van der Waals surface area contributed by atoms with E-state index in [1.807, 2.05) is 37.4 Å². The summed E-state index contributed by atoms with van der Waals surface area (Å²) >= 11 is 0. The lowest BCUT2D eigenvalue weighted by Crippen LogP contribution is -2.51. The van der Waals surface area contributed by atoms with Crippen molar-refractivity contribution in [3.05, 3.63) is 29.8 Å². The molecule has 0 amide bonds. The van der Waals surface area contributed by atoms with Crippen molar-refractivity contribution in [2.45, 2.75) is 25.9 Å². The molecule has 1 unspecified atom stereocenters. The predicted molar refractivity (Wildman–Crippen MR) is 59.4 cm³/mol. The zero-order valence-corrected chi connectivity index (χ0v) is 8.57. The largest absolute Gasteiger partial charge is 0.284 e. The van der Waals surface area contributed by atoms with Gasteiger partial charge in [-0.05, 0) is 19.4 Å². The number of hydrogen-bond acceptors (Lipinski definition) is 3. The Morgan fingerprint density at radius 3 is 2.86 bits per heavy atom. The number of hydrazine groups is 1. The highest BCUT2D eigenvalue weighted by atomic mass is 15.5. The van der Waals surface area contributed by atoms with Crippen LogP contribution in [0.4, 0.5) is 5.69 Å². The van der Waals surface area contributed by atoms with E-state index in [2.05, 4.69) is 11.9 Å². The number of rotatable bonds is 1. The first kappa shape index (κ1) is 9.21. The monoisotopic (exact) mass is 189 g/mol. The molecule has 0 saturated carbocycles. The standard InChI is InChI=1S/C11H15N3/c1-3-11(2)13-8-9-6-4-5-7-10(9)14(11)12/h4-8H,3,12H2,1-2H3. The Kier molecular flexibility index (Phi) is 2.04. The van der Waals surface area contributed by atoms with Crippen molar-refractivity contribution in [2.75, 3.05) is 5.01 Å². The molecule has 0 bridgehead atoms. The maximum Gasteiger partial charge on any atom is 0.142 e. The molecule has 74 valence electrons. The molecule has 0 fully saturated rings. The zero-order valence-electron chi connectivity index (χ0n) is 8.57. The molecule has 1 aromatic carbocycles. The van der Waals surface area contributed by atoms with E-state index >= 15 is 0 Å². The van der Waals surface area contributed by atoms with Crippen LogP contribution in [0.1, 0.15) is 25.8 Å². The van der Waals surface area contributed by atoms with Gasteiger partial charge in [0, 0.05) is 11.8 Å². The number of anilines is 1. The fourth-order valence-electron chi connectivity index (χ4n) is 1.61. The first-order valence-corrected chi connectivity index (χ1v) is 4.86. The molecular weight excluding hydrogens is 174 g/mol. The third-order valence-corrected chi connectivity index (χ3v) is 2.87. The van der Waals surface area contributed by atoms with E-state index in [1.165, 1.54) is 0 Å². The summed E-state index contributed by atoms with van der Waals surface area (Å²) in [5, 5.41) is 1.75. The van der Waals surface area contributed by atoms with Gasteiger partial charge in [0.05, 0.1) is 5.69 Å². The number of aliphatic imine (C=N–C) groups is 1. The van der Waals surface area contributed by atoms with Gasteiger partial charge in [0.2, 0.25) is 0 Å². The van der Waals surface area contributed by atoms with Crippen molar-refractivity contribution in [3.63, 3.8) is 0 Å². The summed E-state index contributed by atoms with van der Waals surface area (Å²) in [6.45, 7) is 4.13. The van der Waals surface area contributed by atoms with Gasteiger partial charge in [0.25, 0.3) is 0 Å². The molecule has 0 saturated heterocycles. The average Bonchev–Trinajstić information content (AvgIpc) is 2.24. The lowest BCUT2D eigenvalue weighted by Gasteiger charge is -2.38. The van der Waals surface area contributed by atoms with Crippen LogP contribution in [0.25, 0.3) is 0 Å². The molecular formula is C11H15N3. The van der Waals surface area contributed by atoms with Crippen molar-refractivity contribution >= 4 is 11.9 Å². The molecule has 1 aromatic rings. The Morgan fingerprint density at radius 1 is 1.43 bits per heavy atom. The number of hydrogen-bond donors (Lipinski definition) is 1. The molecule has 1 aliphatic heterocycles. The van der Waals surface area contributed by atoms with Crippen LogP contribution in [0.2, 0.25) is 0 Å². The maximum atomic E-state index is 6.05. The second-order valence-corrected chi connectivity index (χ2v) is 3.76. The summed E-state index contributed by atoms with van der Waals surface area (Å²) in [5.74, 6) is 6.05. The maximum absolute atomic E-state index is 6.05. The van der Waals surface area contributed by atoms with Crippen LogP contribution in [-0.4, -0.2) is 11.9 Å². The number of benzene rings is 1. The molecule has 0 aliphatic carbocycles. The highest BCUT2D eigenvalue weighted by molar-refractivity contribution is 5.90. The lowest BCUT2D eigenvalue weighted by molar-refractivity contribution is 0.428. The van der Waals surface area contributed by atoms with Gasteiger partial charge < -0.3 is 0 Å². The molecule has 1 heterocycles. The normalized spacial score (nSPS) is 24.9. The summed E-state index contributed by atoms with van der Waals surface area (Å²) in [7, 11) is 0. The Labute approximate surface area is 84.2 Å². The van der Waals surface area contributed by atoms with Crippen molar-refractivity contribution in [2.24, 2.45) is 10.8 Å². The van der Waals surface area contributed by atoms with Gasteiger partial charge in [0.15, 0.2) is 0 Å². The van der Waals surface area contributed by atoms with Crippen LogP contribution in [-0.2, 0) is 0 Å². The molecule has 14 heavy (non-hydrogen) atoms. The molecule has 3 heteroatoms. The topological polar surface area (TPSA) is 41.6 Å². The summed E-state index contributed by atoms with van der Waals surface area (Å²) in [6, 6.07) is 8.03. The van der Waals surface area contributed by atoms with Gasteiger partial charge in [-0.2, -0.15) is 0 Å². The van der Waals surface area contributed by atoms with E-state index in [9.17, 15) is 0 Å². The van der Waals surface area contributed by atoms with Gasteiger partial charge in [0.1, 0.15) is 5.66 Å². The van der Waals surface area contributed by atoms with Gasteiger partial charge in [-0.25, -0.2) is 5.84 Å². The van der Waals surface area contributed by atoms with E-state index in [4.69, 9.17) is 5.84 Å². The minimum atomic E-state index is -0.297. The van der Waals surface area contributed by atoms with Gasteiger partial charge >= 0.3 is 0 Å². The van der Waals surface area contributed by atoms with Crippen LogP contribution >= 0.6 is 0 Å². The molecule has 2 rings (SSSR count). The quantitative estimate of drug-likeness (QED) is 0.686. The van der Waals surface area contributed by atoms with Crippen LogP contribution in [0, 0.1) is 0 Å². The highest BCUT2D eigenvalue weighted by Gasteiger charge is 2.30. The fourth-order valence-corrected chi connectivity index (χ4v) is 1.61. The van der Waals surface area contributed by atoms with Gasteiger partial charge in [-0.3, -0.25) is 10.0 Å². The smallest absolute Gasteiger partial charge is 0.142 e. The van der Waals surface area contributed by atoms with Crippen molar-refractivity contribution < 1.29 is 0 Å². The number of nitrogens with zero attached hydrogens (tertiary/aromatic N) is 2. The van der Waals surface area contributed by atoms with E-state index in [0.717, 1.165) is 17.7 Å². The molecule has 2 N–H and O–H groups in total. The third-order valence-electron chi connectivity index (χ3n) is 2.87. The summed E-state index contributed by atoms with van der Waals surface area (Å²) < 4.78 is 0. The van der Waals surface area contributed by atoms with Gasteiger partial charge in [-0.1, -0.05) is 25.1 Å². The Hall–Kier alpha value is -1.35. The summed E-state index contributed by atoms with van der Waals surface area (Å²) in [4.78, 5) is 4.48. The molecule has 0 spiro atoms. The average molecular weight is 189 g/mol. The van der Waals surface area contributed by atoms with Crippen LogP contribution in [0.5, 0.6) is 0 Å². The van der Waals surface area contributed by atoms with Crippen molar-refractivity contribution in [1.82, 2.24) is 0 Å². The molecule has 0 aromatic heterocycles. The van der Waals surface area contributed by atoms with Crippen LogP contribution < -0.4 is 10.9 Å².